The molecular formula is C21H21N5O. The van der Waals surface area contributed by atoms with E-state index in [0.29, 0.717) is 23.7 Å². The van der Waals surface area contributed by atoms with Crippen LogP contribution in [0.25, 0.3) is 16.5 Å². The van der Waals surface area contributed by atoms with Gasteiger partial charge in [-0.25, -0.2) is 15.0 Å². The number of carbonyl (C=O) groups excluding carboxylic acids is 1. The van der Waals surface area contributed by atoms with E-state index in [4.69, 9.17) is 5.73 Å². The van der Waals surface area contributed by atoms with Crippen molar-refractivity contribution < 1.29 is 4.79 Å². The molecule has 0 aliphatic rings. The maximum atomic E-state index is 11.0. The summed E-state index contributed by atoms with van der Waals surface area (Å²) in [6.45, 7) is 4.66. The summed E-state index contributed by atoms with van der Waals surface area (Å²) in [5, 5.41) is 4.03. The van der Waals surface area contributed by atoms with Crippen LogP contribution in [-0.2, 0) is 0 Å². The fraction of sp³-hybridized carbons (Fsp3) is 0.143. The molecule has 3 rings (SSSR count). The number of nitrogens with one attached hydrogen (secondary N) is 1. The number of nitrogens with two attached hydrogens (primary N) is 1. The molecule has 0 amide bonds. The van der Waals surface area contributed by atoms with Crippen LogP contribution >= 0.6 is 0 Å². The number of allylic oxidation sites excluding steroid dienone is 3. The van der Waals surface area contributed by atoms with E-state index < -0.39 is 0 Å². The van der Waals surface area contributed by atoms with E-state index >= 15 is 0 Å². The Hall–Kier alpha value is -3.54. The monoisotopic (exact) mass is 359 g/mol. The average Bonchev–Trinajstić information content (AvgIpc) is 2.70. The predicted octanol–water partition coefficient (Wildman–Crippen LogP) is 3.88. The fourth-order valence-electron chi connectivity index (χ4n) is 2.63. The van der Waals surface area contributed by atoms with Crippen LogP contribution in [0, 0.1) is 0 Å². The molecule has 0 saturated carbocycles. The number of nitrogen functional groups attached to an aromatic ring is 1. The summed E-state index contributed by atoms with van der Waals surface area (Å²) < 4.78 is 0. The zero-order chi connectivity index (χ0) is 19.2. The summed E-state index contributed by atoms with van der Waals surface area (Å²) in [4.78, 5) is 23.5. The van der Waals surface area contributed by atoms with Crippen molar-refractivity contribution in [2.24, 2.45) is 0 Å². The normalized spacial score (nSPS) is 12.2. The lowest BCUT2D eigenvalue weighted by atomic mass is 10.0. The van der Waals surface area contributed by atoms with Crippen LogP contribution in [0.15, 0.2) is 60.6 Å². The first-order valence-corrected chi connectivity index (χ1v) is 8.57. The van der Waals surface area contributed by atoms with Crippen LogP contribution in [0.2, 0.25) is 0 Å². The molecule has 0 atom stereocenters. The van der Waals surface area contributed by atoms with Crippen LogP contribution in [0.4, 0.5) is 11.6 Å². The highest BCUT2D eigenvalue weighted by Crippen LogP contribution is 2.22. The fourth-order valence-corrected chi connectivity index (χ4v) is 2.63. The molecule has 3 N–H and O–H groups in total. The first kappa shape index (κ1) is 18.3. The Morgan fingerprint density at radius 2 is 2.00 bits per heavy atom. The van der Waals surface area contributed by atoms with E-state index in [2.05, 4.69) is 26.3 Å². The maximum absolute atomic E-state index is 11.0. The SMILES string of the molecule is C/C(=C\C=C(/C)c1ccc2ncnc(N)c2c1)CNc1ncccc1C=O. The molecule has 0 spiro atoms. The summed E-state index contributed by atoms with van der Waals surface area (Å²) in [6, 6.07) is 9.44. The molecule has 0 fully saturated rings. The van der Waals surface area contributed by atoms with Crippen molar-refractivity contribution in [3.63, 3.8) is 0 Å². The third-order valence-electron chi connectivity index (χ3n) is 4.24. The van der Waals surface area contributed by atoms with Gasteiger partial charge in [0.25, 0.3) is 0 Å². The number of aldehydes is 1. The molecule has 6 heteroatoms. The van der Waals surface area contributed by atoms with E-state index in [1.165, 1.54) is 6.33 Å². The second kappa shape index (κ2) is 8.23. The Labute approximate surface area is 157 Å². The minimum atomic E-state index is 0.479. The second-order valence-electron chi connectivity index (χ2n) is 6.27. The molecule has 0 aliphatic heterocycles. The summed E-state index contributed by atoms with van der Waals surface area (Å²) in [5.41, 5.74) is 10.6. The third kappa shape index (κ3) is 4.36. The maximum Gasteiger partial charge on any atom is 0.153 e. The highest BCUT2D eigenvalue weighted by atomic mass is 16.1. The summed E-state index contributed by atoms with van der Waals surface area (Å²) in [6.07, 6.45) is 8.02. The van der Waals surface area contributed by atoms with Gasteiger partial charge in [0.2, 0.25) is 0 Å². The van der Waals surface area contributed by atoms with Gasteiger partial charge in [0.1, 0.15) is 18.0 Å². The number of benzene rings is 1. The van der Waals surface area contributed by atoms with Gasteiger partial charge in [0.15, 0.2) is 6.29 Å². The van der Waals surface area contributed by atoms with Crippen LogP contribution < -0.4 is 11.1 Å². The number of pyridine rings is 1. The molecule has 0 bridgehead atoms. The number of hydrogen-bond donors (Lipinski definition) is 2. The molecule has 136 valence electrons. The summed E-state index contributed by atoms with van der Waals surface area (Å²) in [7, 11) is 0. The first-order chi connectivity index (χ1) is 13.1. The molecule has 0 aliphatic carbocycles. The van der Waals surface area contributed by atoms with Gasteiger partial charge in [-0.1, -0.05) is 23.8 Å². The van der Waals surface area contributed by atoms with Gasteiger partial charge >= 0.3 is 0 Å². The van der Waals surface area contributed by atoms with Gasteiger partial charge in [-0.2, -0.15) is 0 Å². The summed E-state index contributed by atoms with van der Waals surface area (Å²) >= 11 is 0. The van der Waals surface area contributed by atoms with Gasteiger partial charge in [0.05, 0.1) is 11.1 Å². The molecule has 0 radical (unpaired) electrons. The first-order valence-electron chi connectivity index (χ1n) is 8.57. The number of fused-ring (bicyclic) bond motifs is 1. The highest BCUT2D eigenvalue weighted by molar-refractivity contribution is 5.90. The minimum absolute atomic E-state index is 0.479. The zero-order valence-corrected chi connectivity index (χ0v) is 15.3. The van der Waals surface area contributed by atoms with Gasteiger partial charge in [-0.15, -0.1) is 0 Å². The van der Waals surface area contributed by atoms with Crippen LogP contribution in [-0.4, -0.2) is 27.8 Å². The lowest BCUT2D eigenvalue weighted by Crippen LogP contribution is -2.06. The minimum Gasteiger partial charge on any atom is -0.383 e. The van der Waals surface area contributed by atoms with Crippen LogP contribution in [0.5, 0.6) is 0 Å². The van der Waals surface area contributed by atoms with Crippen LogP contribution in [0.3, 0.4) is 0 Å². The Balaban J connectivity index is 1.73. The second-order valence-corrected chi connectivity index (χ2v) is 6.27. The average molecular weight is 359 g/mol. The number of nitrogens with zero attached hydrogens (tertiary/aromatic N) is 3. The Morgan fingerprint density at radius 1 is 1.15 bits per heavy atom. The lowest BCUT2D eigenvalue weighted by molar-refractivity contribution is 0.112. The molecule has 2 aromatic heterocycles. The van der Waals surface area contributed by atoms with Crippen molar-refractivity contribution in [1.29, 1.82) is 0 Å². The molecule has 27 heavy (non-hydrogen) atoms. The van der Waals surface area contributed by atoms with Gasteiger partial charge < -0.3 is 11.1 Å². The number of carbonyl (C=O) groups is 1. The summed E-state index contributed by atoms with van der Waals surface area (Å²) in [5.74, 6) is 1.07. The van der Waals surface area contributed by atoms with Crippen molar-refractivity contribution in [1.82, 2.24) is 15.0 Å². The molecule has 0 saturated heterocycles. The van der Waals surface area contributed by atoms with Crippen molar-refractivity contribution in [2.45, 2.75) is 13.8 Å². The molecule has 0 unspecified atom stereocenters. The Bertz CT molecular complexity index is 1040. The van der Waals surface area contributed by atoms with Crippen molar-refractivity contribution in [3.8, 4) is 0 Å². The van der Waals surface area contributed by atoms with E-state index in [1.54, 1.807) is 18.3 Å². The predicted molar refractivity (Wildman–Crippen MR) is 109 cm³/mol. The number of aromatic nitrogens is 3. The molecular weight excluding hydrogens is 338 g/mol. The molecule has 1 aromatic carbocycles. The van der Waals surface area contributed by atoms with Gasteiger partial charge in [-0.3, -0.25) is 4.79 Å². The van der Waals surface area contributed by atoms with E-state index in [1.807, 2.05) is 38.1 Å². The van der Waals surface area contributed by atoms with Crippen molar-refractivity contribution in [3.05, 3.63) is 71.7 Å². The van der Waals surface area contributed by atoms with Gasteiger partial charge in [0, 0.05) is 18.1 Å². The highest BCUT2D eigenvalue weighted by Gasteiger charge is 2.03. The molecule has 2 heterocycles. The van der Waals surface area contributed by atoms with E-state index in [-0.39, 0.29) is 0 Å². The third-order valence-corrected chi connectivity index (χ3v) is 4.24. The topological polar surface area (TPSA) is 93.8 Å². The van der Waals surface area contributed by atoms with Crippen LogP contribution in [0.1, 0.15) is 29.8 Å². The Morgan fingerprint density at radius 3 is 2.81 bits per heavy atom. The van der Waals surface area contributed by atoms with Crippen molar-refractivity contribution in [2.75, 3.05) is 17.6 Å². The lowest BCUT2D eigenvalue weighted by Gasteiger charge is -2.08. The van der Waals surface area contributed by atoms with E-state index in [9.17, 15) is 4.79 Å². The number of anilines is 2. The molecule has 3 aromatic rings. The number of hydrogen-bond acceptors (Lipinski definition) is 6. The van der Waals surface area contributed by atoms with Crippen molar-refractivity contribution >= 4 is 34.4 Å². The quantitative estimate of drug-likeness (QED) is 0.512. The zero-order valence-electron chi connectivity index (χ0n) is 15.3. The smallest absolute Gasteiger partial charge is 0.153 e. The standard InChI is InChI=1S/C21H21N5O/c1-14(11-24-21-17(12-27)4-3-9-23-21)5-6-15(2)16-7-8-19-18(10-16)20(22)26-13-25-19/h3-10,12-13H,11H2,1-2H3,(H,23,24)(H2,22,25,26)/b14-5+,15-6+. The van der Waals surface area contributed by atoms with Gasteiger partial charge in [-0.05, 0) is 49.2 Å². The Kier molecular flexibility index (Phi) is 5.56. The number of rotatable bonds is 6. The largest absolute Gasteiger partial charge is 0.383 e. The van der Waals surface area contributed by atoms with E-state index in [0.717, 1.165) is 33.9 Å². The molecule has 6 nitrogen and oxygen atoms in total.